The molecule has 0 spiro atoms. The topological polar surface area (TPSA) is 64.3 Å². The van der Waals surface area contributed by atoms with Gasteiger partial charge in [-0.25, -0.2) is 0 Å². The summed E-state index contributed by atoms with van der Waals surface area (Å²) in [4.78, 5) is 12.3. The first-order valence-electron chi connectivity index (χ1n) is 7.87. The van der Waals surface area contributed by atoms with Gasteiger partial charge >= 0.3 is 0 Å². The summed E-state index contributed by atoms with van der Waals surface area (Å²) >= 11 is 0. The Morgan fingerprint density at radius 2 is 1.88 bits per heavy atom. The van der Waals surface area contributed by atoms with Crippen LogP contribution in [0.2, 0.25) is 0 Å². The Morgan fingerprint density at radius 1 is 1.08 bits per heavy atom. The Hall–Kier alpha value is -3.01. The van der Waals surface area contributed by atoms with E-state index in [1.54, 1.807) is 7.11 Å². The predicted octanol–water partition coefficient (Wildman–Crippen LogP) is 4.00. The standard InChI is InChI=1S/C20H20N2O2/c1-24-19-11-9-14(13-17(19)21)10-12-20(23)22-18-8-4-6-15-5-2-3-7-16(15)18/h2-9,11,13H,10,12,21H2,1H3,(H,22,23). The molecule has 0 radical (unpaired) electrons. The number of nitrogens with two attached hydrogens (primary N) is 1. The fraction of sp³-hybridized carbons (Fsp3) is 0.150. The third-order valence-corrected chi connectivity index (χ3v) is 4.00. The molecule has 0 aliphatic carbocycles. The average Bonchev–Trinajstić information content (AvgIpc) is 2.60. The molecule has 0 unspecified atom stereocenters. The number of hydrogen-bond donors (Lipinski definition) is 2. The molecule has 4 nitrogen and oxygen atoms in total. The number of carbonyl (C=O) groups is 1. The zero-order valence-electron chi connectivity index (χ0n) is 13.6. The molecule has 0 aliphatic heterocycles. The minimum atomic E-state index is -0.0132. The van der Waals surface area contributed by atoms with E-state index in [0.29, 0.717) is 24.3 Å². The minimum absolute atomic E-state index is 0.0132. The van der Waals surface area contributed by atoms with Gasteiger partial charge < -0.3 is 15.8 Å². The minimum Gasteiger partial charge on any atom is -0.495 e. The molecule has 3 aromatic carbocycles. The quantitative estimate of drug-likeness (QED) is 0.698. The van der Waals surface area contributed by atoms with Crippen LogP contribution in [0.1, 0.15) is 12.0 Å². The number of ether oxygens (including phenoxy) is 1. The molecule has 0 fully saturated rings. The first-order valence-corrected chi connectivity index (χ1v) is 7.87. The summed E-state index contributed by atoms with van der Waals surface area (Å²) in [5, 5.41) is 5.15. The summed E-state index contributed by atoms with van der Waals surface area (Å²) < 4.78 is 5.14. The van der Waals surface area contributed by atoms with Gasteiger partial charge in [-0.15, -0.1) is 0 Å². The van der Waals surface area contributed by atoms with E-state index in [1.807, 2.05) is 60.7 Å². The molecule has 122 valence electrons. The van der Waals surface area contributed by atoms with Crippen LogP contribution < -0.4 is 15.8 Å². The van der Waals surface area contributed by atoms with Crippen LogP contribution in [0, 0.1) is 0 Å². The van der Waals surface area contributed by atoms with Gasteiger partial charge in [0.15, 0.2) is 0 Å². The van der Waals surface area contributed by atoms with E-state index in [0.717, 1.165) is 22.0 Å². The first kappa shape index (κ1) is 15.9. The van der Waals surface area contributed by atoms with Crippen LogP contribution in [0.3, 0.4) is 0 Å². The van der Waals surface area contributed by atoms with E-state index in [-0.39, 0.29) is 5.91 Å². The number of nitrogen functional groups attached to an aromatic ring is 1. The van der Waals surface area contributed by atoms with Gasteiger partial charge in [0.25, 0.3) is 0 Å². The summed E-state index contributed by atoms with van der Waals surface area (Å²) in [6.07, 6.45) is 1.03. The number of fused-ring (bicyclic) bond motifs is 1. The van der Waals surface area contributed by atoms with Crippen LogP contribution >= 0.6 is 0 Å². The summed E-state index contributed by atoms with van der Waals surface area (Å²) in [7, 11) is 1.59. The molecule has 24 heavy (non-hydrogen) atoms. The van der Waals surface area contributed by atoms with Crippen molar-refractivity contribution in [2.75, 3.05) is 18.2 Å². The van der Waals surface area contributed by atoms with Crippen molar-refractivity contribution in [3.63, 3.8) is 0 Å². The van der Waals surface area contributed by atoms with Gasteiger partial charge in [-0.3, -0.25) is 4.79 Å². The number of hydrogen-bond acceptors (Lipinski definition) is 3. The predicted molar refractivity (Wildman–Crippen MR) is 98.3 cm³/mol. The number of aryl methyl sites for hydroxylation is 1. The van der Waals surface area contributed by atoms with E-state index < -0.39 is 0 Å². The lowest BCUT2D eigenvalue weighted by Crippen LogP contribution is -2.12. The zero-order valence-corrected chi connectivity index (χ0v) is 13.6. The van der Waals surface area contributed by atoms with Crippen LogP contribution in [0.15, 0.2) is 60.7 Å². The number of amides is 1. The van der Waals surface area contributed by atoms with Crippen molar-refractivity contribution in [1.29, 1.82) is 0 Å². The Balaban J connectivity index is 1.66. The smallest absolute Gasteiger partial charge is 0.224 e. The van der Waals surface area contributed by atoms with Crippen LogP contribution in [0.4, 0.5) is 11.4 Å². The molecule has 0 saturated carbocycles. The highest BCUT2D eigenvalue weighted by atomic mass is 16.5. The lowest BCUT2D eigenvalue weighted by Gasteiger charge is -2.10. The van der Waals surface area contributed by atoms with Crippen molar-refractivity contribution in [1.82, 2.24) is 0 Å². The van der Waals surface area contributed by atoms with Crippen LogP contribution in [-0.2, 0) is 11.2 Å². The maximum absolute atomic E-state index is 12.3. The van der Waals surface area contributed by atoms with E-state index >= 15 is 0 Å². The first-order chi connectivity index (χ1) is 11.7. The van der Waals surface area contributed by atoms with Crippen molar-refractivity contribution in [2.24, 2.45) is 0 Å². The maximum Gasteiger partial charge on any atom is 0.224 e. The summed E-state index contributed by atoms with van der Waals surface area (Å²) in [6.45, 7) is 0. The van der Waals surface area contributed by atoms with E-state index in [4.69, 9.17) is 10.5 Å². The molecule has 0 heterocycles. The van der Waals surface area contributed by atoms with Gasteiger partial charge in [0.2, 0.25) is 5.91 Å². The number of benzene rings is 3. The molecule has 1 amide bonds. The lowest BCUT2D eigenvalue weighted by atomic mass is 10.1. The SMILES string of the molecule is COc1ccc(CCC(=O)Nc2cccc3ccccc23)cc1N. The molecule has 3 aromatic rings. The number of carbonyl (C=O) groups excluding carboxylic acids is 1. The molecular formula is C20H20N2O2. The molecule has 0 aromatic heterocycles. The van der Waals surface area contributed by atoms with Gasteiger partial charge in [-0.2, -0.15) is 0 Å². The zero-order chi connectivity index (χ0) is 16.9. The van der Waals surface area contributed by atoms with Gasteiger partial charge in [0, 0.05) is 17.5 Å². The largest absolute Gasteiger partial charge is 0.495 e. The molecule has 0 bridgehead atoms. The summed E-state index contributed by atoms with van der Waals surface area (Å²) in [6, 6.07) is 19.5. The molecule has 0 aliphatic rings. The van der Waals surface area contributed by atoms with E-state index in [9.17, 15) is 4.79 Å². The number of methoxy groups -OCH3 is 1. The maximum atomic E-state index is 12.3. The van der Waals surface area contributed by atoms with Crippen molar-refractivity contribution in [3.05, 3.63) is 66.2 Å². The van der Waals surface area contributed by atoms with E-state index in [2.05, 4.69) is 5.32 Å². The van der Waals surface area contributed by atoms with E-state index in [1.165, 1.54) is 0 Å². The Bertz CT molecular complexity index is 869. The normalized spacial score (nSPS) is 10.5. The van der Waals surface area contributed by atoms with Crippen LogP contribution in [0.5, 0.6) is 5.75 Å². The Labute approximate surface area is 141 Å². The Morgan fingerprint density at radius 3 is 2.67 bits per heavy atom. The van der Waals surface area contributed by atoms with Gasteiger partial charge in [0.1, 0.15) is 5.75 Å². The molecule has 3 N–H and O–H groups in total. The molecule has 0 atom stereocenters. The number of nitrogens with one attached hydrogen (secondary N) is 1. The number of anilines is 2. The molecule has 4 heteroatoms. The highest BCUT2D eigenvalue weighted by Gasteiger charge is 2.07. The summed E-state index contributed by atoms with van der Waals surface area (Å²) in [5.41, 5.74) is 8.34. The molecular weight excluding hydrogens is 300 g/mol. The van der Waals surface area contributed by atoms with Crippen LogP contribution in [0.25, 0.3) is 10.8 Å². The third kappa shape index (κ3) is 3.49. The van der Waals surface area contributed by atoms with Crippen molar-refractivity contribution in [3.8, 4) is 5.75 Å². The monoisotopic (exact) mass is 320 g/mol. The van der Waals surface area contributed by atoms with Gasteiger partial charge in [-0.1, -0.05) is 42.5 Å². The fourth-order valence-corrected chi connectivity index (χ4v) is 2.74. The fourth-order valence-electron chi connectivity index (χ4n) is 2.74. The molecule has 0 saturated heterocycles. The summed E-state index contributed by atoms with van der Waals surface area (Å²) in [5.74, 6) is 0.639. The Kier molecular flexibility index (Phi) is 4.66. The van der Waals surface area contributed by atoms with Gasteiger partial charge in [0.05, 0.1) is 12.8 Å². The van der Waals surface area contributed by atoms with Crippen molar-refractivity contribution >= 4 is 28.1 Å². The second kappa shape index (κ2) is 7.04. The third-order valence-electron chi connectivity index (χ3n) is 4.00. The lowest BCUT2D eigenvalue weighted by molar-refractivity contribution is -0.116. The highest BCUT2D eigenvalue weighted by molar-refractivity contribution is 6.02. The van der Waals surface area contributed by atoms with Gasteiger partial charge in [-0.05, 0) is 35.6 Å². The van der Waals surface area contributed by atoms with Crippen molar-refractivity contribution in [2.45, 2.75) is 12.8 Å². The highest BCUT2D eigenvalue weighted by Crippen LogP contribution is 2.24. The average molecular weight is 320 g/mol. The number of rotatable bonds is 5. The second-order valence-electron chi connectivity index (χ2n) is 5.65. The molecule has 3 rings (SSSR count). The van der Waals surface area contributed by atoms with Crippen LogP contribution in [-0.4, -0.2) is 13.0 Å². The second-order valence-corrected chi connectivity index (χ2v) is 5.65. The van der Waals surface area contributed by atoms with Crippen molar-refractivity contribution < 1.29 is 9.53 Å².